The second-order valence-electron chi connectivity index (χ2n) is 7.43. The molecular formula is C23H30IN3O5S. The highest BCUT2D eigenvalue weighted by Crippen LogP contribution is 2.21. The zero-order valence-electron chi connectivity index (χ0n) is 19.2. The molecule has 1 atom stereocenters. The van der Waals surface area contributed by atoms with Crippen LogP contribution in [0.5, 0.6) is 5.75 Å². The number of sulfonamides is 1. The molecule has 1 N–H and O–H groups in total. The number of nitrogens with one attached hydrogen (secondary N) is 1. The zero-order chi connectivity index (χ0) is 24.6. The monoisotopic (exact) mass is 587 g/mol. The zero-order valence-corrected chi connectivity index (χ0v) is 22.2. The molecule has 2 aromatic rings. The maximum Gasteiger partial charge on any atom is 0.244 e. The maximum absolute atomic E-state index is 13.5. The van der Waals surface area contributed by atoms with E-state index in [0.717, 1.165) is 19.7 Å². The number of ether oxygens (including phenoxy) is 1. The summed E-state index contributed by atoms with van der Waals surface area (Å²) in [5.74, 6) is -0.0655. The fourth-order valence-electron chi connectivity index (χ4n) is 3.36. The number of carbonyl (C=O) groups excluding carboxylic acids is 2. The van der Waals surface area contributed by atoms with Gasteiger partial charge in [-0.05, 0) is 77.9 Å². The van der Waals surface area contributed by atoms with Gasteiger partial charge in [0.25, 0.3) is 0 Å². The Labute approximate surface area is 209 Å². The SMILES string of the molecule is CCNC(=O)[C@H](CC)N(Cc1ccc(OC)cc1)C(=O)CN(c1ccc(I)cc1)S(C)(=O)=O. The average molecular weight is 587 g/mol. The van der Waals surface area contributed by atoms with Gasteiger partial charge in [-0.25, -0.2) is 8.42 Å². The minimum Gasteiger partial charge on any atom is -0.497 e. The van der Waals surface area contributed by atoms with Crippen LogP contribution in [0, 0.1) is 3.57 Å². The second kappa shape index (κ2) is 12.2. The minimum atomic E-state index is -3.74. The van der Waals surface area contributed by atoms with E-state index in [0.29, 0.717) is 24.4 Å². The molecule has 180 valence electrons. The maximum atomic E-state index is 13.5. The largest absolute Gasteiger partial charge is 0.497 e. The molecule has 2 amide bonds. The molecule has 0 radical (unpaired) electrons. The quantitative estimate of drug-likeness (QED) is 0.408. The van der Waals surface area contributed by atoms with Crippen LogP contribution in [0.4, 0.5) is 5.69 Å². The van der Waals surface area contributed by atoms with Crippen LogP contribution in [-0.2, 0) is 26.2 Å². The van der Waals surface area contributed by atoms with Crippen molar-refractivity contribution in [3.63, 3.8) is 0 Å². The van der Waals surface area contributed by atoms with Crippen molar-refractivity contribution in [3.05, 3.63) is 57.7 Å². The lowest BCUT2D eigenvalue weighted by atomic mass is 10.1. The first-order valence-electron chi connectivity index (χ1n) is 10.5. The lowest BCUT2D eigenvalue weighted by Gasteiger charge is -2.32. The molecule has 0 fully saturated rings. The van der Waals surface area contributed by atoms with Gasteiger partial charge in [0.05, 0.1) is 19.1 Å². The molecule has 33 heavy (non-hydrogen) atoms. The Morgan fingerprint density at radius 3 is 2.15 bits per heavy atom. The highest BCUT2D eigenvalue weighted by molar-refractivity contribution is 14.1. The Balaban J connectivity index is 2.40. The summed E-state index contributed by atoms with van der Waals surface area (Å²) in [4.78, 5) is 27.7. The standard InChI is InChI=1S/C23H30IN3O5S/c1-5-21(23(29)25-6-2)26(15-17-7-13-20(32-3)14-8-17)22(28)16-27(33(4,30)31)19-11-9-18(24)10-12-19/h7-14,21H,5-6,15-16H2,1-4H3,(H,25,29)/t21-/m0/s1. The predicted molar refractivity (Wildman–Crippen MR) is 138 cm³/mol. The Hall–Kier alpha value is -2.34. The molecule has 0 aliphatic rings. The second-order valence-corrected chi connectivity index (χ2v) is 10.6. The van der Waals surface area contributed by atoms with E-state index in [1.54, 1.807) is 43.5 Å². The third kappa shape index (κ3) is 7.60. The normalized spacial score (nSPS) is 12.0. The Kier molecular flexibility index (Phi) is 9.96. The highest BCUT2D eigenvalue weighted by Gasteiger charge is 2.31. The van der Waals surface area contributed by atoms with E-state index in [-0.39, 0.29) is 12.5 Å². The van der Waals surface area contributed by atoms with Gasteiger partial charge >= 0.3 is 0 Å². The van der Waals surface area contributed by atoms with E-state index >= 15 is 0 Å². The molecule has 8 nitrogen and oxygen atoms in total. The van der Waals surface area contributed by atoms with E-state index in [2.05, 4.69) is 27.9 Å². The van der Waals surface area contributed by atoms with Crippen molar-refractivity contribution in [3.8, 4) is 5.75 Å². The molecule has 0 heterocycles. The number of rotatable bonds is 11. The molecule has 2 rings (SSSR count). The van der Waals surface area contributed by atoms with E-state index < -0.39 is 28.5 Å². The number of anilines is 1. The third-order valence-electron chi connectivity index (χ3n) is 5.04. The summed E-state index contributed by atoms with van der Waals surface area (Å²) < 4.78 is 32.3. The van der Waals surface area contributed by atoms with Gasteiger partial charge in [-0.2, -0.15) is 0 Å². The first-order chi connectivity index (χ1) is 15.6. The van der Waals surface area contributed by atoms with Crippen LogP contribution in [-0.4, -0.2) is 57.6 Å². The van der Waals surface area contributed by atoms with Gasteiger partial charge in [0.1, 0.15) is 18.3 Å². The smallest absolute Gasteiger partial charge is 0.244 e. The third-order valence-corrected chi connectivity index (χ3v) is 6.90. The molecule has 0 saturated heterocycles. The number of hydrogen-bond donors (Lipinski definition) is 1. The van der Waals surface area contributed by atoms with Crippen LogP contribution in [0.15, 0.2) is 48.5 Å². The van der Waals surface area contributed by atoms with Crippen LogP contribution in [0.25, 0.3) is 0 Å². The summed E-state index contributed by atoms with van der Waals surface area (Å²) in [6.07, 6.45) is 1.45. The topological polar surface area (TPSA) is 96.0 Å². The lowest BCUT2D eigenvalue weighted by molar-refractivity contribution is -0.140. The van der Waals surface area contributed by atoms with Crippen LogP contribution in [0.3, 0.4) is 0 Å². The first-order valence-corrected chi connectivity index (χ1v) is 13.5. The van der Waals surface area contributed by atoms with E-state index in [9.17, 15) is 18.0 Å². The number of halogens is 1. The molecule has 0 unspecified atom stereocenters. The summed E-state index contributed by atoms with van der Waals surface area (Å²) in [5, 5.41) is 2.77. The van der Waals surface area contributed by atoms with E-state index in [4.69, 9.17) is 4.74 Å². The number of carbonyl (C=O) groups is 2. The average Bonchev–Trinajstić information content (AvgIpc) is 2.77. The van der Waals surface area contributed by atoms with Gasteiger partial charge in [-0.15, -0.1) is 0 Å². The van der Waals surface area contributed by atoms with Gasteiger partial charge in [-0.1, -0.05) is 19.1 Å². The molecular weight excluding hydrogens is 557 g/mol. The predicted octanol–water partition coefficient (Wildman–Crippen LogP) is 3.01. The molecule has 0 aliphatic heterocycles. The highest BCUT2D eigenvalue weighted by atomic mass is 127. The summed E-state index contributed by atoms with van der Waals surface area (Å²) >= 11 is 2.13. The van der Waals surface area contributed by atoms with Crippen molar-refractivity contribution < 1.29 is 22.7 Å². The number of nitrogens with zero attached hydrogens (tertiary/aromatic N) is 2. The van der Waals surface area contributed by atoms with Crippen molar-refractivity contribution in [2.45, 2.75) is 32.9 Å². The van der Waals surface area contributed by atoms with Crippen molar-refractivity contribution in [2.24, 2.45) is 0 Å². The molecule has 0 bridgehead atoms. The summed E-state index contributed by atoms with van der Waals surface area (Å²) in [6, 6.07) is 13.3. The number of amides is 2. The van der Waals surface area contributed by atoms with Gasteiger partial charge in [-0.3, -0.25) is 13.9 Å². The van der Waals surface area contributed by atoms with Crippen molar-refractivity contribution in [1.29, 1.82) is 0 Å². The fraction of sp³-hybridized carbons (Fsp3) is 0.391. The van der Waals surface area contributed by atoms with Gasteiger partial charge in [0.2, 0.25) is 21.8 Å². The van der Waals surface area contributed by atoms with Gasteiger partial charge in [0, 0.05) is 16.7 Å². The molecule has 0 aliphatic carbocycles. The molecule has 0 aromatic heterocycles. The fourth-order valence-corrected chi connectivity index (χ4v) is 4.57. The summed E-state index contributed by atoms with van der Waals surface area (Å²) in [6.45, 7) is 3.80. The van der Waals surface area contributed by atoms with Crippen molar-refractivity contribution >= 4 is 50.1 Å². The molecule has 10 heteroatoms. The van der Waals surface area contributed by atoms with E-state index in [1.165, 1.54) is 4.90 Å². The van der Waals surface area contributed by atoms with Crippen LogP contribution >= 0.6 is 22.6 Å². The molecule has 2 aromatic carbocycles. The Morgan fingerprint density at radius 1 is 1.06 bits per heavy atom. The lowest BCUT2D eigenvalue weighted by Crippen LogP contribution is -2.52. The van der Waals surface area contributed by atoms with Crippen molar-refractivity contribution in [2.75, 3.05) is 30.8 Å². The van der Waals surface area contributed by atoms with Gasteiger partial charge < -0.3 is 15.0 Å². The minimum absolute atomic E-state index is 0.156. The Bertz CT molecular complexity index is 1040. The number of methoxy groups -OCH3 is 1. The number of benzene rings is 2. The molecule has 0 saturated carbocycles. The van der Waals surface area contributed by atoms with Crippen LogP contribution in [0.2, 0.25) is 0 Å². The van der Waals surface area contributed by atoms with E-state index in [1.807, 2.05) is 26.0 Å². The molecule has 0 spiro atoms. The van der Waals surface area contributed by atoms with Crippen molar-refractivity contribution in [1.82, 2.24) is 10.2 Å². The number of hydrogen-bond acceptors (Lipinski definition) is 5. The Morgan fingerprint density at radius 2 is 1.67 bits per heavy atom. The first kappa shape index (κ1) is 26.9. The summed E-state index contributed by atoms with van der Waals surface area (Å²) in [5.41, 5.74) is 1.19. The van der Waals surface area contributed by atoms with Gasteiger partial charge in [0.15, 0.2) is 0 Å². The summed E-state index contributed by atoms with van der Waals surface area (Å²) in [7, 11) is -2.17. The van der Waals surface area contributed by atoms with Crippen LogP contribution in [0.1, 0.15) is 25.8 Å². The van der Waals surface area contributed by atoms with Crippen LogP contribution < -0.4 is 14.4 Å². The number of likely N-dealkylation sites (N-methyl/N-ethyl adjacent to an activating group) is 1.